The van der Waals surface area contributed by atoms with E-state index in [0.717, 1.165) is 16.7 Å². The number of amides is 1. The molecule has 0 bridgehead atoms. The van der Waals surface area contributed by atoms with E-state index < -0.39 is 12.0 Å². The summed E-state index contributed by atoms with van der Waals surface area (Å²) in [5, 5.41) is 2.56. The van der Waals surface area contributed by atoms with Crippen LogP contribution in [-0.2, 0) is 9.53 Å². The number of Topliss-reactive ketones (excluding diaryl/α,β-unsaturated/α-hetero) is 1. The molecule has 1 N–H and O–H groups in total. The Hall–Kier alpha value is -2.95. The van der Waals surface area contributed by atoms with Gasteiger partial charge in [-0.05, 0) is 62.6 Å². The molecule has 5 nitrogen and oxygen atoms in total. The van der Waals surface area contributed by atoms with E-state index >= 15 is 0 Å². The maximum Gasteiger partial charge on any atom is 0.328 e. The van der Waals surface area contributed by atoms with Crippen LogP contribution in [0.4, 0.5) is 0 Å². The van der Waals surface area contributed by atoms with Gasteiger partial charge in [0.25, 0.3) is 5.91 Å². The average Bonchev–Trinajstić information content (AvgIpc) is 2.63. The van der Waals surface area contributed by atoms with Crippen LogP contribution in [0.3, 0.4) is 0 Å². The summed E-state index contributed by atoms with van der Waals surface area (Å²) in [4.78, 5) is 36.4. The van der Waals surface area contributed by atoms with Crippen LogP contribution < -0.4 is 5.32 Å². The summed E-state index contributed by atoms with van der Waals surface area (Å²) in [6.07, 6.45) is 0. The summed E-state index contributed by atoms with van der Waals surface area (Å²) in [5.41, 5.74) is 3.96. The number of carbonyl (C=O) groups excluding carboxylic acids is 3. The molecule has 26 heavy (non-hydrogen) atoms. The lowest BCUT2D eigenvalue weighted by atomic mass is 9.98. The fourth-order valence-corrected chi connectivity index (χ4v) is 2.53. The number of ketones is 1. The van der Waals surface area contributed by atoms with E-state index in [9.17, 15) is 14.4 Å². The number of ether oxygens (including phenoxy) is 1. The summed E-state index contributed by atoms with van der Waals surface area (Å²) in [5.74, 6) is -1.28. The molecule has 1 amide bonds. The van der Waals surface area contributed by atoms with Crippen molar-refractivity contribution in [2.24, 2.45) is 0 Å². The lowest BCUT2D eigenvalue weighted by Crippen LogP contribution is -2.40. The van der Waals surface area contributed by atoms with Crippen molar-refractivity contribution in [3.63, 3.8) is 0 Å². The van der Waals surface area contributed by atoms with E-state index in [1.54, 1.807) is 36.4 Å². The third-order valence-corrected chi connectivity index (χ3v) is 4.22. The van der Waals surface area contributed by atoms with E-state index in [2.05, 4.69) is 5.32 Å². The largest absolute Gasteiger partial charge is 0.456 e. The summed E-state index contributed by atoms with van der Waals surface area (Å²) >= 11 is 0. The lowest BCUT2D eigenvalue weighted by molar-refractivity contribution is -0.144. The van der Waals surface area contributed by atoms with Gasteiger partial charge in [-0.3, -0.25) is 9.59 Å². The first-order valence-electron chi connectivity index (χ1n) is 8.43. The number of nitrogens with one attached hydrogen (secondary N) is 1. The van der Waals surface area contributed by atoms with Gasteiger partial charge in [-0.25, -0.2) is 4.79 Å². The van der Waals surface area contributed by atoms with E-state index in [1.807, 2.05) is 26.8 Å². The van der Waals surface area contributed by atoms with Crippen molar-refractivity contribution in [3.8, 4) is 0 Å². The third kappa shape index (κ3) is 4.79. The molecule has 2 aromatic carbocycles. The highest BCUT2D eigenvalue weighted by Crippen LogP contribution is 2.16. The standard InChI is InChI=1S/C21H23NO4/c1-13-10-15(3)18(11-14(13)2)19(23)12-26-21(25)16(4)22-20(24)17-8-6-5-7-9-17/h5-11,16H,12H2,1-4H3,(H,22,24)/t16-/m1/s1. The molecule has 2 rings (SSSR count). The summed E-state index contributed by atoms with van der Waals surface area (Å²) < 4.78 is 5.08. The van der Waals surface area contributed by atoms with Crippen LogP contribution in [-0.4, -0.2) is 30.3 Å². The second-order valence-corrected chi connectivity index (χ2v) is 6.34. The highest BCUT2D eigenvalue weighted by molar-refractivity contribution is 6.00. The molecule has 0 aromatic heterocycles. The molecular formula is C21H23NO4. The summed E-state index contributed by atoms with van der Waals surface area (Å²) in [6, 6.07) is 11.5. The first-order valence-corrected chi connectivity index (χ1v) is 8.43. The van der Waals surface area contributed by atoms with Crippen molar-refractivity contribution >= 4 is 17.7 Å². The van der Waals surface area contributed by atoms with Crippen LogP contribution in [0.15, 0.2) is 42.5 Å². The molecule has 0 heterocycles. The van der Waals surface area contributed by atoms with E-state index in [0.29, 0.717) is 11.1 Å². The smallest absolute Gasteiger partial charge is 0.328 e. The molecule has 136 valence electrons. The molecule has 0 aliphatic rings. The van der Waals surface area contributed by atoms with Gasteiger partial charge in [-0.2, -0.15) is 0 Å². The molecule has 2 aromatic rings. The van der Waals surface area contributed by atoms with Gasteiger partial charge in [-0.15, -0.1) is 0 Å². The Bertz CT molecular complexity index is 827. The Morgan fingerprint density at radius 2 is 1.58 bits per heavy atom. The Morgan fingerprint density at radius 1 is 0.962 bits per heavy atom. The Morgan fingerprint density at radius 3 is 2.23 bits per heavy atom. The molecule has 5 heteroatoms. The lowest BCUT2D eigenvalue weighted by Gasteiger charge is -2.14. The van der Waals surface area contributed by atoms with Gasteiger partial charge < -0.3 is 10.1 Å². The van der Waals surface area contributed by atoms with Crippen molar-refractivity contribution in [3.05, 3.63) is 70.3 Å². The van der Waals surface area contributed by atoms with Crippen molar-refractivity contribution in [2.75, 3.05) is 6.61 Å². The summed E-state index contributed by atoms with van der Waals surface area (Å²) in [7, 11) is 0. The van der Waals surface area contributed by atoms with Gasteiger partial charge in [0, 0.05) is 11.1 Å². The topological polar surface area (TPSA) is 72.5 Å². The van der Waals surface area contributed by atoms with Crippen molar-refractivity contribution in [2.45, 2.75) is 33.7 Å². The van der Waals surface area contributed by atoms with Gasteiger partial charge in [-0.1, -0.05) is 24.3 Å². The van der Waals surface area contributed by atoms with E-state index in [4.69, 9.17) is 4.74 Å². The maximum atomic E-state index is 12.3. The van der Waals surface area contributed by atoms with E-state index in [-0.39, 0.29) is 18.3 Å². The minimum atomic E-state index is -0.851. The van der Waals surface area contributed by atoms with Crippen LogP contribution in [0.5, 0.6) is 0 Å². The zero-order valence-electron chi connectivity index (χ0n) is 15.5. The second kappa shape index (κ2) is 8.43. The van der Waals surface area contributed by atoms with Crippen molar-refractivity contribution in [1.82, 2.24) is 5.32 Å². The van der Waals surface area contributed by atoms with E-state index in [1.165, 1.54) is 6.92 Å². The molecular weight excluding hydrogens is 330 g/mol. The molecule has 0 saturated carbocycles. The first-order chi connectivity index (χ1) is 12.3. The number of hydrogen-bond donors (Lipinski definition) is 1. The quantitative estimate of drug-likeness (QED) is 0.640. The molecule has 0 saturated heterocycles. The number of benzene rings is 2. The molecule has 0 aliphatic carbocycles. The third-order valence-electron chi connectivity index (χ3n) is 4.22. The fourth-order valence-electron chi connectivity index (χ4n) is 2.53. The minimum Gasteiger partial charge on any atom is -0.456 e. The molecule has 0 radical (unpaired) electrons. The van der Waals surface area contributed by atoms with Crippen LogP contribution in [0.1, 0.15) is 44.3 Å². The number of esters is 1. The van der Waals surface area contributed by atoms with Crippen molar-refractivity contribution < 1.29 is 19.1 Å². The van der Waals surface area contributed by atoms with Crippen LogP contribution >= 0.6 is 0 Å². The van der Waals surface area contributed by atoms with Crippen LogP contribution in [0.25, 0.3) is 0 Å². The molecule has 0 aliphatic heterocycles. The van der Waals surface area contributed by atoms with Gasteiger partial charge >= 0.3 is 5.97 Å². The first kappa shape index (κ1) is 19.4. The van der Waals surface area contributed by atoms with Gasteiger partial charge in [0.2, 0.25) is 5.78 Å². The Balaban J connectivity index is 1.92. The van der Waals surface area contributed by atoms with Crippen LogP contribution in [0.2, 0.25) is 0 Å². The summed E-state index contributed by atoms with van der Waals surface area (Å²) in [6.45, 7) is 6.93. The predicted octanol–water partition coefficient (Wildman–Crippen LogP) is 3.16. The Kier molecular flexibility index (Phi) is 6.28. The zero-order chi connectivity index (χ0) is 19.3. The van der Waals surface area contributed by atoms with Crippen molar-refractivity contribution in [1.29, 1.82) is 0 Å². The number of carbonyl (C=O) groups is 3. The Labute approximate surface area is 153 Å². The van der Waals surface area contributed by atoms with Gasteiger partial charge in [0.05, 0.1) is 0 Å². The number of aryl methyl sites for hydroxylation is 3. The van der Waals surface area contributed by atoms with Gasteiger partial charge in [0.1, 0.15) is 6.04 Å². The van der Waals surface area contributed by atoms with Crippen LogP contribution in [0, 0.1) is 20.8 Å². The SMILES string of the molecule is Cc1cc(C)c(C(=O)COC(=O)[C@@H](C)NC(=O)c2ccccc2)cc1C. The average molecular weight is 353 g/mol. The van der Waals surface area contributed by atoms with Gasteiger partial charge in [0.15, 0.2) is 6.61 Å². The normalized spacial score (nSPS) is 11.5. The maximum absolute atomic E-state index is 12.3. The highest BCUT2D eigenvalue weighted by atomic mass is 16.5. The molecule has 1 atom stereocenters. The molecule has 0 spiro atoms. The number of hydrogen-bond acceptors (Lipinski definition) is 4. The monoisotopic (exact) mass is 353 g/mol. The fraction of sp³-hybridized carbons (Fsp3) is 0.286. The molecule has 0 fully saturated rings. The minimum absolute atomic E-state index is 0.263. The second-order valence-electron chi connectivity index (χ2n) is 6.34. The highest BCUT2D eigenvalue weighted by Gasteiger charge is 2.20. The predicted molar refractivity (Wildman–Crippen MR) is 99.3 cm³/mol. The zero-order valence-corrected chi connectivity index (χ0v) is 15.5. The molecule has 0 unspecified atom stereocenters. The number of rotatable bonds is 6.